The molecule has 0 aliphatic rings. The summed E-state index contributed by atoms with van der Waals surface area (Å²) in [6.45, 7) is 2.11. The van der Waals surface area contributed by atoms with E-state index in [4.69, 9.17) is 11.1 Å². The van der Waals surface area contributed by atoms with Crippen molar-refractivity contribution in [1.29, 1.82) is 5.41 Å². The Morgan fingerprint density at radius 1 is 1.69 bits per heavy atom. The first-order chi connectivity index (χ1) is 6.25. The van der Waals surface area contributed by atoms with Gasteiger partial charge in [0.15, 0.2) is 0 Å². The van der Waals surface area contributed by atoms with Gasteiger partial charge in [0.1, 0.15) is 10.9 Å². The third-order valence-corrected chi connectivity index (χ3v) is 2.72. The van der Waals surface area contributed by atoms with Crippen LogP contribution in [0.1, 0.15) is 18.9 Å². The summed E-state index contributed by atoms with van der Waals surface area (Å²) in [5.41, 5.74) is 6.15. The maximum Gasteiger partial charge on any atom is 0.125 e. The minimum atomic E-state index is 0.0895. The normalized spacial score (nSPS) is 9.92. The van der Waals surface area contributed by atoms with Crippen molar-refractivity contribution in [3.63, 3.8) is 0 Å². The number of pyridine rings is 1. The standard InChI is InChI=1S/C9H13N3S/c1-2-6-13-9-7(8(10)11)4-3-5-12-9/h3-5H,2,6H2,1H3,(H3,10,11). The molecule has 0 saturated heterocycles. The van der Waals surface area contributed by atoms with E-state index in [1.54, 1.807) is 24.0 Å². The fraction of sp³-hybridized carbons (Fsp3) is 0.333. The van der Waals surface area contributed by atoms with Gasteiger partial charge in [-0.05, 0) is 24.3 Å². The first kappa shape index (κ1) is 10.1. The van der Waals surface area contributed by atoms with Crippen molar-refractivity contribution in [2.45, 2.75) is 18.4 Å². The molecule has 1 aromatic heterocycles. The van der Waals surface area contributed by atoms with Crippen molar-refractivity contribution in [3.8, 4) is 0 Å². The monoisotopic (exact) mass is 195 g/mol. The fourth-order valence-corrected chi connectivity index (χ4v) is 1.78. The maximum atomic E-state index is 7.34. The van der Waals surface area contributed by atoms with Crippen molar-refractivity contribution in [2.75, 3.05) is 5.75 Å². The van der Waals surface area contributed by atoms with Crippen molar-refractivity contribution in [3.05, 3.63) is 23.9 Å². The average Bonchev–Trinajstić information content (AvgIpc) is 2.15. The summed E-state index contributed by atoms with van der Waals surface area (Å²) in [5, 5.41) is 8.19. The quantitative estimate of drug-likeness (QED) is 0.438. The molecule has 0 spiro atoms. The van der Waals surface area contributed by atoms with E-state index < -0.39 is 0 Å². The lowest BCUT2D eigenvalue weighted by molar-refractivity contribution is 1.07. The second-order valence-corrected chi connectivity index (χ2v) is 3.70. The molecule has 3 N–H and O–H groups in total. The first-order valence-electron chi connectivity index (χ1n) is 4.18. The highest BCUT2D eigenvalue weighted by molar-refractivity contribution is 7.99. The van der Waals surface area contributed by atoms with Gasteiger partial charge in [0.05, 0.1) is 0 Å². The molecule has 1 heterocycles. The Labute approximate surface area is 82.3 Å². The molecule has 1 rings (SSSR count). The Balaban J connectivity index is 2.84. The molecular weight excluding hydrogens is 182 g/mol. The molecule has 0 amide bonds. The highest BCUT2D eigenvalue weighted by Crippen LogP contribution is 2.19. The Bertz CT molecular complexity index is 299. The molecule has 70 valence electrons. The Kier molecular flexibility index (Phi) is 3.76. The van der Waals surface area contributed by atoms with Gasteiger partial charge in [-0.15, -0.1) is 11.8 Å². The zero-order chi connectivity index (χ0) is 9.68. The number of thioether (sulfide) groups is 1. The van der Waals surface area contributed by atoms with E-state index in [1.165, 1.54) is 0 Å². The van der Waals surface area contributed by atoms with Gasteiger partial charge in [-0.3, -0.25) is 5.41 Å². The zero-order valence-electron chi connectivity index (χ0n) is 7.58. The van der Waals surface area contributed by atoms with E-state index in [0.717, 1.165) is 22.8 Å². The van der Waals surface area contributed by atoms with E-state index >= 15 is 0 Å². The maximum absolute atomic E-state index is 7.34. The predicted molar refractivity (Wildman–Crippen MR) is 56.3 cm³/mol. The van der Waals surface area contributed by atoms with Crippen LogP contribution in [-0.2, 0) is 0 Å². The Morgan fingerprint density at radius 2 is 2.46 bits per heavy atom. The molecule has 0 radical (unpaired) electrons. The number of nitrogen functional groups attached to an aromatic ring is 1. The van der Waals surface area contributed by atoms with Crippen molar-refractivity contribution >= 4 is 17.6 Å². The van der Waals surface area contributed by atoms with Crippen molar-refractivity contribution < 1.29 is 0 Å². The molecule has 3 nitrogen and oxygen atoms in total. The summed E-state index contributed by atoms with van der Waals surface area (Å²) in [6.07, 6.45) is 2.82. The van der Waals surface area contributed by atoms with Crippen LogP contribution in [0.15, 0.2) is 23.4 Å². The summed E-state index contributed by atoms with van der Waals surface area (Å²) in [7, 11) is 0. The van der Waals surface area contributed by atoms with Gasteiger partial charge in [0.25, 0.3) is 0 Å². The number of nitrogens with one attached hydrogen (secondary N) is 1. The minimum Gasteiger partial charge on any atom is -0.384 e. The van der Waals surface area contributed by atoms with E-state index in [0.29, 0.717) is 0 Å². The van der Waals surface area contributed by atoms with Crippen molar-refractivity contribution in [2.24, 2.45) is 5.73 Å². The van der Waals surface area contributed by atoms with Crippen LogP contribution in [0.2, 0.25) is 0 Å². The molecule has 4 heteroatoms. The van der Waals surface area contributed by atoms with Crippen LogP contribution in [-0.4, -0.2) is 16.6 Å². The molecule has 0 aromatic carbocycles. The average molecular weight is 195 g/mol. The third-order valence-electron chi connectivity index (χ3n) is 1.50. The molecule has 0 fully saturated rings. The summed E-state index contributed by atoms with van der Waals surface area (Å²) >= 11 is 1.64. The smallest absolute Gasteiger partial charge is 0.125 e. The number of hydrogen-bond acceptors (Lipinski definition) is 3. The van der Waals surface area contributed by atoms with Gasteiger partial charge in [0, 0.05) is 11.8 Å². The lowest BCUT2D eigenvalue weighted by Crippen LogP contribution is -2.12. The summed E-state index contributed by atoms with van der Waals surface area (Å²) < 4.78 is 0. The third kappa shape index (κ3) is 2.73. The molecule has 0 bridgehead atoms. The lowest BCUT2D eigenvalue weighted by Gasteiger charge is -2.04. The summed E-state index contributed by atoms with van der Waals surface area (Å²) in [6, 6.07) is 3.63. The molecule has 0 aliphatic carbocycles. The Hall–Kier alpha value is -1.03. The molecule has 0 atom stereocenters. The van der Waals surface area contributed by atoms with Crippen LogP contribution in [0, 0.1) is 5.41 Å². The van der Waals surface area contributed by atoms with Gasteiger partial charge in [0.2, 0.25) is 0 Å². The molecule has 0 unspecified atom stereocenters. The first-order valence-corrected chi connectivity index (χ1v) is 5.16. The highest BCUT2D eigenvalue weighted by Gasteiger charge is 2.05. The predicted octanol–water partition coefficient (Wildman–Crippen LogP) is 1.87. The second-order valence-electron chi connectivity index (χ2n) is 2.62. The van der Waals surface area contributed by atoms with Crippen LogP contribution in [0.5, 0.6) is 0 Å². The molecule has 0 saturated carbocycles. The molecule has 1 aromatic rings. The summed E-state index contributed by atoms with van der Waals surface area (Å²) in [4.78, 5) is 4.18. The van der Waals surface area contributed by atoms with Crippen LogP contribution in [0.3, 0.4) is 0 Å². The lowest BCUT2D eigenvalue weighted by atomic mass is 10.3. The van der Waals surface area contributed by atoms with E-state index in [1.807, 2.05) is 6.07 Å². The van der Waals surface area contributed by atoms with E-state index in [2.05, 4.69) is 11.9 Å². The highest BCUT2D eigenvalue weighted by atomic mass is 32.2. The number of nitrogens with two attached hydrogens (primary N) is 1. The topological polar surface area (TPSA) is 62.8 Å². The largest absolute Gasteiger partial charge is 0.384 e. The number of aromatic nitrogens is 1. The molecule has 13 heavy (non-hydrogen) atoms. The van der Waals surface area contributed by atoms with Crippen molar-refractivity contribution in [1.82, 2.24) is 4.98 Å². The molecular formula is C9H13N3S. The number of rotatable bonds is 4. The molecule has 0 aliphatic heterocycles. The van der Waals surface area contributed by atoms with Gasteiger partial charge < -0.3 is 5.73 Å². The van der Waals surface area contributed by atoms with Gasteiger partial charge in [-0.2, -0.15) is 0 Å². The van der Waals surface area contributed by atoms with Gasteiger partial charge in [-0.25, -0.2) is 4.98 Å². The number of hydrogen-bond donors (Lipinski definition) is 2. The SMILES string of the molecule is CCCSc1ncccc1C(=N)N. The van der Waals surface area contributed by atoms with Crippen LogP contribution < -0.4 is 5.73 Å². The summed E-state index contributed by atoms with van der Waals surface area (Å²) in [5.74, 6) is 1.10. The van der Waals surface area contributed by atoms with Crippen LogP contribution in [0.25, 0.3) is 0 Å². The van der Waals surface area contributed by atoms with Gasteiger partial charge >= 0.3 is 0 Å². The second kappa shape index (κ2) is 4.87. The fourth-order valence-electron chi connectivity index (χ4n) is 0.910. The Morgan fingerprint density at radius 3 is 3.08 bits per heavy atom. The number of amidine groups is 1. The van der Waals surface area contributed by atoms with Crippen LogP contribution >= 0.6 is 11.8 Å². The van der Waals surface area contributed by atoms with Crippen LogP contribution in [0.4, 0.5) is 0 Å². The minimum absolute atomic E-state index is 0.0895. The zero-order valence-corrected chi connectivity index (χ0v) is 8.40. The van der Waals surface area contributed by atoms with E-state index in [9.17, 15) is 0 Å². The van der Waals surface area contributed by atoms with Gasteiger partial charge in [-0.1, -0.05) is 6.92 Å². The van der Waals surface area contributed by atoms with E-state index in [-0.39, 0.29) is 5.84 Å². The number of nitrogens with zero attached hydrogens (tertiary/aromatic N) is 1.